The molecule has 0 radical (unpaired) electrons. The van der Waals surface area contributed by atoms with Crippen molar-refractivity contribution in [2.24, 2.45) is 0 Å². The molecule has 7 nitrogen and oxygen atoms in total. The van der Waals surface area contributed by atoms with Gasteiger partial charge in [-0.3, -0.25) is 0 Å². The molecule has 1 saturated heterocycles. The number of ether oxygens (including phenoxy) is 1. The van der Waals surface area contributed by atoms with Crippen LogP contribution in [0.25, 0.3) is 10.8 Å². The molecule has 0 spiro atoms. The predicted octanol–water partition coefficient (Wildman–Crippen LogP) is 2.80. The van der Waals surface area contributed by atoms with Crippen LogP contribution >= 0.6 is 11.3 Å². The van der Waals surface area contributed by atoms with Gasteiger partial charge in [0.1, 0.15) is 12.4 Å². The number of fused-ring (bicyclic) bond motifs is 4. The van der Waals surface area contributed by atoms with Crippen molar-refractivity contribution in [2.75, 3.05) is 12.0 Å². The normalized spacial score (nSPS) is 21.0. The van der Waals surface area contributed by atoms with Crippen LogP contribution in [0.2, 0.25) is 0 Å². The molecule has 3 aromatic heterocycles. The topological polar surface area (TPSA) is 76.9 Å². The van der Waals surface area contributed by atoms with E-state index < -0.39 is 0 Å². The van der Waals surface area contributed by atoms with Crippen molar-refractivity contribution in [3.63, 3.8) is 0 Å². The summed E-state index contributed by atoms with van der Waals surface area (Å²) in [5, 5.41) is 2.80. The van der Waals surface area contributed by atoms with Crippen LogP contribution in [0, 0.1) is 0 Å². The summed E-state index contributed by atoms with van der Waals surface area (Å²) in [7, 11) is 1.67. The average Bonchev–Trinajstić information content (AvgIpc) is 3.30. The monoisotopic (exact) mass is 366 g/mol. The Morgan fingerprint density at radius 3 is 3.00 bits per heavy atom. The Morgan fingerprint density at radius 1 is 1.19 bits per heavy atom. The van der Waals surface area contributed by atoms with Gasteiger partial charge in [-0.05, 0) is 18.9 Å². The molecule has 5 rings (SSSR count). The fourth-order valence-corrected chi connectivity index (χ4v) is 4.57. The molecule has 26 heavy (non-hydrogen) atoms. The zero-order valence-electron chi connectivity index (χ0n) is 14.4. The minimum absolute atomic E-state index is 0.277. The molecule has 3 aromatic rings. The summed E-state index contributed by atoms with van der Waals surface area (Å²) in [5.41, 5.74) is 2.37. The first-order valence-corrected chi connectivity index (χ1v) is 9.56. The quantitative estimate of drug-likeness (QED) is 0.702. The van der Waals surface area contributed by atoms with Crippen molar-refractivity contribution in [1.82, 2.24) is 24.9 Å². The lowest BCUT2D eigenvalue weighted by Gasteiger charge is -2.36. The van der Waals surface area contributed by atoms with Gasteiger partial charge in [-0.15, -0.1) is 11.3 Å². The number of hydrogen-bond acceptors (Lipinski definition) is 8. The molecule has 0 amide bonds. The maximum Gasteiger partial charge on any atom is 0.190 e. The van der Waals surface area contributed by atoms with E-state index >= 15 is 0 Å². The van der Waals surface area contributed by atoms with Gasteiger partial charge in [0.15, 0.2) is 16.7 Å². The van der Waals surface area contributed by atoms with Gasteiger partial charge in [-0.2, -0.15) is 0 Å². The van der Waals surface area contributed by atoms with E-state index in [-0.39, 0.29) is 6.04 Å². The molecule has 0 aliphatic carbocycles. The molecule has 2 aliphatic heterocycles. The van der Waals surface area contributed by atoms with Crippen molar-refractivity contribution in [3.05, 3.63) is 47.1 Å². The lowest BCUT2D eigenvalue weighted by atomic mass is 9.99. The van der Waals surface area contributed by atoms with E-state index in [9.17, 15) is 0 Å². The SMILES string of the molecule is COCc1ncc2c(n1)CC1CCC2N1c1ccnc(-c2nccs2)n1. The first-order valence-electron chi connectivity index (χ1n) is 8.68. The number of methoxy groups -OCH3 is 1. The molecular weight excluding hydrogens is 348 g/mol. The standard InChI is InChI=1S/C18H18N6OS/c1-25-10-15-21-9-12-13(22-15)8-11-2-3-14(12)24(11)16-4-5-19-17(23-16)18-20-6-7-26-18/h4-7,9,11,14H,2-3,8,10H2,1H3. The van der Waals surface area contributed by atoms with Gasteiger partial charge in [0.05, 0.1) is 11.7 Å². The lowest BCUT2D eigenvalue weighted by molar-refractivity contribution is 0.177. The summed E-state index contributed by atoms with van der Waals surface area (Å²) in [6.07, 6.45) is 8.73. The van der Waals surface area contributed by atoms with Gasteiger partial charge in [0.25, 0.3) is 0 Å². The fraction of sp³-hybridized carbons (Fsp3) is 0.389. The van der Waals surface area contributed by atoms with Gasteiger partial charge in [0.2, 0.25) is 0 Å². The third kappa shape index (κ3) is 2.57. The van der Waals surface area contributed by atoms with Crippen LogP contribution in [0.3, 0.4) is 0 Å². The molecular formula is C18H18N6OS. The van der Waals surface area contributed by atoms with Gasteiger partial charge in [-0.1, -0.05) is 0 Å². The lowest BCUT2D eigenvalue weighted by Crippen LogP contribution is -2.39. The molecule has 2 unspecified atom stereocenters. The zero-order chi connectivity index (χ0) is 17.5. The molecule has 0 saturated carbocycles. The summed E-state index contributed by atoms with van der Waals surface area (Å²) in [6, 6.07) is 2.68. The van der Waals surface area contributed by atoms with Gasteiger partial charge >= 0.3 is 0 Å². The van der Waals surface area contributed by atoms with Crippen molar-refractivity contribution in [1.29, 1.82) is 0 Å². The van der Waals surface area contributed by atoms with Crippen LogP contribution in [0.1, 0.15) is 36.0 Å². The third-order valence-electron chi connectivity index (χ3n) is 5.04. The van der Waals surface area contributed by atoms with E-state index in [1.165, 1.54) is 5.56 Å². The third-order valence-corrected chi connectivity index (χ3v) is 5.81. The largest absolute Gasteiger partial charge is 0.377 e. The van der Waals surface area contributed by atoms with Crippen molar-refractivity contribution < 1.29 is 4.74 Å². The van der Waals surface area contributed by atoms with Crippen molar-refractivity contribution in [2.45, 2.75) is 38.0 Å². The van der Waals surface area contributed by atoms with Gasteiger partial charge in [0, 0.05) is 49.1 Å². The summed E-state index contributed by atoms with van der Waals surface area (Å²) in [5.74, 6) is 2.41. The van der Waals surface area contributed by atoms with Gasteiger partial charge < -0.3 is 9.64 Å². The van der Waals surface area contributed by atoms with Crippen LogP contribution in [0.5, 0.6) is 0 Å². The van der Waals surface area contributed by atoms with Crippen LogP contribution in [-0.2, 0) is 17.8 Å². The number of rotatable bonds is 4. The zero-order valence-corrected chi connectivity index (χ0v) is 15.2. The highest BCUT2D eigenvalue weighted by Crippen LogP contribution is 2.45. The Hall–Kier alpha value is -2.45. The minimum atomic E-state index is 0.277. The highest BCUT2D eigenvalue weighted by atomic mass is 32.1. The molecule has 1 fully saturated rings. The highest BCUT2D eigenvalue weighted by molar-refractivity contribution is 7.13. The highest BCUT2D eigenvalue weighted by Gasteiger charge is 2.41. The first kappa shape index (κ1) is 15.8. The first-order chi connectivity index (χ1) is 12.8. The van der Waals surface area contributed by atoms with E-state index in [1.807, 2.05) is 23.8 Å². The minimum Gasteiger partial charge on any atom is -0.377 e. The van der Waals surface area contributed by atoms with E-state index in [1.54, 1.807) is 24.6 Å². The fourth-order valence-electron chi connectivity index (χ4n) is 4.00. The van der Waals surface area contributed by atoms with E-state index in [2.05, 4.69) is 19.9 Å². The molecule has 0 N–H and O–H groups in total. The second-order valence-electron chi connectivity index (χ2n) is 6.56. The van der Waals surface area contributed by atoms with Crippen LogP contribution in [0.15, 0.2) is 30.0 Å². The summed E-state index contributed by atoms with van der Waals surface area (Å²) >= 11 is 1.56. The second-order valence-corrected chi connectivity index (χ2v) is 7.45. The molecule has 2 bridgehead atoms. The Balaban J connectivity index is 1.51. The molecule has 8 heteroatoms. The van der Waals surface area contributed by atoms with Gasteiger partial charge in [-0.25, -0.2) is 24.9 Å². The van der Waals surface area contributed by atoms with Crippen molar-refractivity contribution in [3.8, 4) is 10.8 Å². The number of thiazole rings is 1. The molecule has 2 atom stereocenters. The number of nitrogens with zero attached hydrogens (tertiary/aromatic N) is 6. The van der Waals surface area contributed by atoms with Crippen LogP contribution < -0.4 is 4.90 Å². The Labute approximate surface area is 155 Å². The maximum absolute atomic E-state index is 5.17. The van der Waals surface area contributed by atoms with Crippen molar-refractivity contribution >= 4 is 17.2 Å². The average molecular weight is 366 g/mol. The van der Waals surface area contributed by atoms with E-state index in [4.69, 9.17) is 14.7 Å². The summed E-state index contributed by atoms with van der Waals surface area (Å²) in [4.78, 5) is 25.2. The Morgan fingerprint density at radius 2 is 2.15 bits per heavy atom. The Bertz CT molecular complexity index is 931. The molecule has 2 aliphatic rings. The molecule has 132 valence electrons. The molecule has 5 heterocycles. The predicted molar refractivity (Wildman–Crippen MR) is 97.8 cm³/mol. The maximum atomic E-state index is 5.17. The number of hydrogen-bond donors (Lipinski definition) is 0. The van der Waals surface area contributed by atoms with Crippen LogP contribution in [0.4, 0.5) is 5.82 Å². The molecule has 0 aromatic carbocycles. The summed E-state index contributed by atoms with van der Waals surface area (Å²) < 4.78 is 5.17. The van der Waals surface area contributed by atoms with Crippen LogP contribution in [-0.4, -0.2) is 38.1 Å². The van der Waals surface area contributed by atoms with E-state index in [0.29, 0.717) is 18.5 Å². The number of anilines is 1. The van der Waals surface area contributed by atoms with E-state index in [0.717, 1.165) is 41.6 Å². The Kier molecular flexibility index (Phi) is 3.86. The number of aromatic nitrogens is 5. The second kappa shape index (κ2) is 6.37. The summed E-state index contributed by atoms with van der Waals surface area (Å²) in [6.45, 7) is 0.454. The smallest absolute Gasteiger partial charge is 0.190 e.